The molecular weight excluding hydrogens is 286 g/mol. The third-order valence-electron chi connectivity index (χ3n) is 2.73. The van der Waals surface area contributed by atoms with E-state index in [1.165, 1.54) is 19.2 Å². The lowest BCUT2D eigenvalue weighted by Gasteiger charge is -2.20. The van der Waals surface area contributed by atoms with Gasteiger partial charge in [-0.1, -0.05) is 5.16 Å². The number of hydrogen-bond donors (Lipinski definition) is 2. The lowest BCUT2D eigenvalue weighted by molar-refractivity contribution is 0.171. The Labute approximate surface area is 116 Å². The van der Waals surface area contributed by atoms with Gasteiger partial charge in [0.15, 0.2) is 17.3 Å². The van der Waals surface area contributed by atoms with Crippen molar-refractivity contribution >= 4 is 15.9 Å². The Morgan fingerprint density at radius 3 is 2.70 bits per heavy atom. The normalized spacial score (nSPS) is 15.4. The number of nitrogens with zero attached hydrogens (tertiary/aromatic N) is 2. The maximum absolute atomic E-state index is 12.3. The second kappa shape index (κ2) is 5.55. The molecule has 2 rings (SSSR count). The Morgan fingerprint density at radius 2 is 2.05 bits per heavy atom. The topological polar surface area (TPSA) is 114 Å². The molecule has 1 aromatic rings. The molecule has 0 atom stereocenters. The van der Waals surface area contributed by atoms with Crippen molar-refractivity contribution in [2.45, 2.75) is 4.90 Å². The molecule has 20 heavy (non-hydrogen) atoms. The molecule has 1 aliphatic rings. The first kappa shape index (κ1) is 14.4. The van der Waals surface area contributed by atoms with Crippen LogP contribution in [0, 0.1) is 0 Å². The van der Waals surface area contributed by atoms with E-state index in [1.807, 2.05) is 0 Å². The highest BCUT2D eigenvalue weighted by molar-refractivity contribution is 7.89. The fourth-order valence-corrected chi connectivity index (χ4v) is 2.87. The molecule has 110 valence electrons. The first-order valence-corrected chi connectivity index (χ1v) is 7.21. The smallest absolute Gasteiger partial charge is 0.243 e. The van der Waals surface area contributed by atoms with Crippen LogP contribution in [0.25, 0.3) is 0 Å². The van der Waals surface area contributed by atoms with Crippen LogP contribution in [0.2, 0.25) is 0 Å². The maximum Gasteiger partial charge on any atom is 0.243 e. The number of ether oxygens (including phenoxy) is 2. The minimum Gasteiger partial charge on any atom is -0.486 e. The van der Waals surface area contributed by atoms with Crippen molar-refractivity contribution in [1.82, 2.24) is 4.31 Å². The van der Waals surface area contributed by atoms with Crippen LogP contribution in [0.15, 0.2) is 28.3 Å². The van der Waals surface area contributed by atoms with Crippen molar-refractivity contribution < 1.29 is 23.1 Å². The van der Waals surface area contributed by atoms with Crippen LogP contribution in [0.5, 0.6) is 11.5 Å². The minimum atomic E-state index is -3.75. The Bertz CT molecular complexity index is 629. The van der Waals surface area contributed by atoms with E-state index >= 15 is 0 Å². The molecule has 0 saturated carbocycles. The number of nitrogens with two attached hydrogens (primary N) is 1. The number of benzene rings is 1. The van der Waals surface area contributed by atoms with Gasteiger partial charge in [-0.3, -0.25) is 0 Å². The van der Waals surface area contributed by atoms with Crippen molar-refractivity contribution in [2.75, 3.05) is 26.8 Å². The molecular formula is C11H15N3O5S. The predicted octanol–water partition coefficient (Wildman–Crippen LogP) is -0.175. The molecule has 8 nitrogen and oxygen atoms in total. The van der Waals surface area contributed by atoms with E-state index in [2.05, 4.69) is 5.16 Å². The van der Waals surface area contributed by atoms with E-state index in [-0.39, 0.29) is 17.3 Å². The number of rotatable bonds is 4. The summed E-state index contributed by atoms with van der Waals surface area (Å²) in [5, 5.41) is 11.2. The quantitative estimate of drug-likeness (QED) is 0.345. The fourth-order valence-electron chi connectivity index (χ4n) is 1.71. The van der Waals surface area contributed by atoms with Gasteiger partial charge in [-0.15, -0.1) is 0 Å². The summed E-state index contributed by atoms with van der Waals surface area (Å²) in [6.07, 6.45) is 0. The lowest BCUT2D eigenvalue weighted by Crippen LogP contribution is -2.35. The summed E-state index contributed by atoms with van der Waals surface area (Å²) in [7, 11) is -2.41. The Balaban J connectivity index is 2.29. The maximum atomic E-state index is 12.3. The van der Waals surface area contributed by atoms with Crippen molar-refractivity contribution in [1.29, 1.82) is 0 Å². The SMILES string of the molecule is CN(CC(N)=NO)S(=O)(=O)c1ccc2c(c1)OCCO2. The van der Waals surface area contributed by atoms with Gasteiger partial charge in [0, 0.05) is 13.1 Å². The summed E-state index contributed by atoms with van der Waals surface area (Å²) in [5.41, 5.74) is 5.31. The van der Waals surface area contributed by atoms with Crippen LogP contribution >= 0.6 is 0 Å². The van der Waals surface area contributed by atoms with Gasteiger partial charge < -0.3 is 20.4 Å². The van der Waals surface area contributed by atoms with Crippen LogP contribution in [0.4, 0.5) is 0 Å². The molecule has 3 N–H and O–H groups in total. The average molecular weight is 301 g/mol. The Kier molecular flexibility index (Phi) is 4.00. The molecule has 0 aliphatic carbocycles. The first-order chi connectivity index (χ1) is 9.45. The number of fused-ring (bicyclic) bond motifs is 1. The predicted molar refractivity (Wildman–Crippen MR) is 70.7 cm³/mol. The molecule has 1 heterocycles. The largest absolute Gasteiger partial charge is 0.486 e. The van der Waals surface area contributed by atoms with E-state index in [1.54, 1.807) is 6.07 Å². The average Bonchev–Trinajstić information content (AvgIpc) is 2.46. The number of amidine groups is 1. The molecule has 0 radical (unpaired) electrons. The molecule has 0 aromatic heterocycles. The highest BCUT2D eigenvalue weighted by Gasteiger charge is 2.24. The van der Waals surface area contributed by atoms with Gasteiger partial charge in [0.1, 0.15) is 13.2 Å². The van der Waals surface area contributed by atoms with Crippen LogP contribution in [0.3, 0.4) is 0 Å². The van der Waals surface area contributed by atoms with Crippen LogP contribution in [0.1, 0.15) is 0 Å². The van der Waals surface area contributed by atoms with E-state index in [0.29, 0.717) is 24.7 Å². The van der Waals surface area contributed by atoms with Crippen LogP contribution < -0.4 is 15.2 Å². The van der Waals surface area contributed by atoms with E-state index in [9.17, 15) is 8.42 Å². The highest BCUT2D eigenvalue weighted by atomic mass is 32.2. The zero-order valence-corrected chi connectivity index (χ0v) is 11.6. The summed E-state index contributed by atoms with van der Waals surface area (Å²) in [6, 6.07) is 4.36. The van der Waals surface area contributed by atoms with Crippen LogP contribution in [-0.2, 0) is 10.0 Å². The molecule has 0 bridgehead atoms. The minimum absolute atomic E-state index is 0.0509. The monoisotopic (exact) mass is 301 g/mol. The molecule has 0 amide bonds. The van der Waals surface area contributed by atoms with Gasteiger partial charge in [-0.2, -0.15) is 4.31 Å². The van der Waals surface area contributed by atoms with E-state index < -0.39 is 10.0 Å². The molecule has 0 saturated heterocycles. The summed E-state index contributed by atoms with van der Waals surface area (Å²) >= 11 is 0. The second-order valence-corrected chi connectivity index (χ2v) is 6.20. The molecule has 0 spiro atoms. The van der Waals surface area contributed by atoms with E-state index in [4.69, 9.17) is 20.4 Å². The molecule has 1 aliphatic heterocycles. The van der Waals surface area contributed by atoms with Gasteiger partial charge in [-0.25, -0.2) is 8.42 Å². The van der Waals surface area contributed by atoms with Crippen LogP contribution in [-0.4, -0.2) is 50.6 Å². The third-order valence-corrected chi connectivity index (χ3v) is 4.53. The number of likely N-dealkylation sites (N-methyl/N-ethyl adjacent to an activating group) is 1. The number of oxime groups is 1. The van der Waals surface area contributed by atoms with Gasteiger partial charge in [0.2, 0.25) is 10.0 Å². The summed E-state index contributed by atoms with van der Waals surface area (Å²) < 4.78 is 36.3. The summed E-state index contributed by atoms with van der Waals surface area (Å²) in [4.78, 5) is 0.0509. The zero-order valence-electron chi connectivity index (χ0n) is 10.8. The first-order valence-electron chi connectivity index (χ1n) is 5.77. The van der Waals surface area contributed by atoms with Crippen molar-refractivity contribution in [2.24, 2.45) is 10.9 Å². The van der Waals surface area contributed by atoms with Gasteiger partial charge >= 0.3 is 0 Å². The van der Waals surface area contributed by atoms with Crippen molar-refractivity contribution in [3.8, 4) is 11.5 Å². The lowest BCUT2D eigenvalue weighted by atomic mass is 10.3. The number of sulfonamides is 1. The van der Waals surface area contributed by atoms with Gasteiger partial charge in [0.25, 0.3) is 0 Å². The summed E-state index contributed by atoms with van der Waals surface area (Å²) in [6.45, 7) is 0.590. The molecule has 1 aromatic carbocycles. The molecule has 0 unspecified atom stereocenters. The Hall–Kier alpha value is -2.00. The molecule has 9 heteroatoms. The fraction of sp³-hybridized carbons (Fsp3) is 0.364. The van der Waals surface area contributed by atoms with Crippen molar-refractivity contribution in [3.05, 3.63) is 18.2 Å². The van der Waals surface area contributed by atoms with Crippen molar-refractivity contribution in [3.63, 3.8) is 0 Å². The number of hydrogen-bond acceptors (Lipinski definition) is 6. The van der Waals surface area contributed by atoms with E-state index in [0.717, 1.165) is 4.31 Å². The van der Waals surface area contributed by atoms with Gasteiger partial charge in [0.05, 0.1) is 11.4 Å². The standard InChI is InChI=1S/C11H15N3O5S/c1-14(7-11(12)13-15)20(16,17)8-2-3-9-10(6-8)19-5-4-18-9/h2-3,6,15H,4-5,7H2,1H3,(H2,12,13). The summed E-state index contributed by atoms with van der Waals surface area (Å²) in [5.74, 6) is 0.692. The second-order valence-electron chi connectivity index (χ2n) is 4.16. The third kappa shape index (κ3) is 2.78. The zero-order chi connectivity index (χ0) is 14.8. The highest BCUT2D eigenvalue weighted by Crippen LogP contribution is 2.32. The Morgan fingerprint density at radius 1 is 1.40 bits per heavy atom. The van der Waals surface area contributed by atoms with Gasteiger partial charge in [-0.05, 0) is 12.1 Å². The molecule has 0 fully saturated rings.